The van der Waals surface area contributed by atoms with E-state index in [9.17, 15) is 14.4 Å². The van der Waals surface area contributed by atoms with E-state index >= 15 is 0 Å². The second-order valence-corrected chi connectivity index (χ2v) is 9.26. The second-order valence-electron chi connectivity index (χ2n) is 9.26. The fraction of sp³-hybridized carbons (Fsp3) is 0.393. The Morgan fingerprint density at radius 1 is 1.05 bits per heavy atom. The number of rotatable bonds is 7. The number of anilines is 2. The monoisotopic (exact) mass is 522 g/mol. The number of nitrogens with one attached hydrogen (secondary N) is 3. The van der Waals surface area contributed by atoms with Crippen LogP contribution in [-0.4, -0.2) is 47.5 Å². The number of hydroxylamine groups is 1. The zero-order chi connectivity index (χ0) is 26.9. The molecule has 0 radical (unpaired) electrons. The highest BCUT2D eigenvalue weighted by molar-refractivity contribution is 6.15. The molecule has 2 aromatic carbocycles. The van der Waals surface area contributed by atoms with E-state index in [0.29, 0.717) is 55.6 Å². The van der Waals surface area contributed by atoms with E-state index in [4.69, 9.17) is 14.8 Å². The molecular weight excluding hydrogens is 488 g/mol. The average Bonchev–Trinajstić information content (AvgIpc) is 3.25. The summed E-state index contributed by atoms with van der Waals surface area (Å²) in [7, 11) is 1.59. The average molecular weight is 523 g/mol. The summed E-state index contributed by atoms with van der Waals surface area (Å²) in [6, 6.07) is 14.7. The Morgan fingerprint density at radius 2 is 1.79 bits per heavy atom. The van der Waals surface area contributed by atoms with Crippen molar-refractivity contribution in [1.29, 1.82) is 0 Å². The summed E-state index contributed by atoms with van der Waals surface area (Å²) in [5, 5.41) is 15.3. The van der Waals surface area contributed by atoms with Crippen LogP contribution in [0.3, 0.4) is 0 Å². The van der Waals surface area contributed by atoms with Crippen molar-refractivity contribution in [2.24, 2.45) is 0 Å². The van der Waals surface area contributed by atoms with Gasteiger partial charge in [0.05, 0.1) is 28.1 Å². The number of para-hydroxylation sites is 3. The zero-order valence-corrected chi connectivity index (χ0v) is 21.5. The minimum Gasteiger partial charge on any atom is -0.417 e. The highest BCUT2D eigenvalue weighted by Gasteiger charge is 2.25. The molecule has 1 aliphatic heterocycles. The molecule has 10 nitrogen and oxygen atoms in total. The van der Waals surface area contributed by atoms with Crippen LogP contribution in [-0.2, 0) is 20.7 Å². The minimum absolute atomic E-state index is 0.224. The normalized spacial score (nSPS) is 16.5. The van der Waals surface area contributed by atoms with Crippen molar-refractivity contribution in [1.82, 2.24) is 10.2 Å². The van der Waals surface area contributed by atoms with Gasteiger partial charge in [0.15, 0.2) is 0 Å². The lowest BCUT2D eigenvalue weighted by Crippen LogP contribution is -2.31. The van der Waals surface area contributed by atoms with Crippen LogP contribution >= 0.6 is 0 Å². The van der Waals surface area contributed by atoms with Gasteiger partial charge in [0.1, 0.15) is 13.2 Å². The molecule has 0 spiro atoms. The molecule has 0 saturated carbocycles. The Kier molecular flexibility index (Phi) is 9.34. The number of ether oxygens (including phenoxy) is 1. The van der Waals surface area contributed by atoms with Gasteiger partial charge in [0.2, 0.25) is 5.91 Å². The smallest absolute Gasteiger partial charge is 0.258 e. The first kappa shape index (κ1) is 27.2. The molecule has 1 aromatic heterocycles. The number of benzene rings is 2. The highest BCUT2D eigenvalue weighted by atomic mass is 16.6. The van der Waals surface area contributed by atoms with Gasteiger partial charge >= 0.3 is 0 Å². The van der Waals surface area contributed by atoms with Crippen molar-refractivity contribution < 1.29 is 29.2 Å². The zero-order valence-electron chi connectivity index (χ0n) is 21.5. The summed E-state index contributed by atoms with van der Waals surface area (Å²) in [5.41, 5.74) is 4.74. The van der Waals surface area contributed by atoms with Crippen LogP contribution < -0.4 is 21.0 Å². The number of hydrogen-bond acceptors (Lipinski definition) is 6. The Hall–Kier alpha value is -3.89. The highest BCUT2D eigenvalue weighted by Crippen LogP contribution is 2.30. The summed E-state index contributed by atoms with van der Waals surface area (Å²) >= 11 is 0. The number of aromatic nitrogens is 1. The first-order chi connectivity index (χ1) is 18.5. The van der Waals surface area contributed by atoms with Crippen molar-refractivity contribution in [3.05, 3.63) is 59.8 Å². The molecule has 0 aliphatic carbocycles. The Bertz CT molecular complexity index is 1290. The van der Waals surface area contributed by atoms with Crippen molar-refractivity contribution in [2.75, 3.05) is 24.4 Å². The molecule has 38 heavy (non-hydrogen) atoms. The fourth-order valence-electron chi connectivity index (χ4n) is 4.81. The number of amides is 3. The topological polar surface area (TPSA) is 131 Å². The standard InChI is InChI=1S/C28H34N4O6/c1-37-32-22-14-8-5-11-19(22)26-23(32)15-9-10-18-38-24(16-3-2-4-17-25(33)31-36)27(34)29-20-12-6-7-13-21(20)30-28(26)35/h5-8,11-14,24,36H,2-4,9-10,15-18H2,1H3,(H,29,34)(H,30,35)(H,31,33)/t24-/m1/s1. The molecule has 3 amide bonds. The molecule has 0 fully saturated rings. The van der Waals surface area contributed by atoms with Crippen LogP contribution in [0, 0.1) is 0 Å². The summed E-state index contributed by atoms with van der Waals surface area (Å²) < 4.78 is 7.74. The van der Waals surface area contributed by atoms with Crippen molar-refractivity contribution >= 4 is 40.0 Å². The van der Waals surface area contributed by atoms with E-state index < -0.39 is 12.0 Å². The van der Waals surface area contributed by atoms with Crippen LogP contribution in [0.25, 0.3) is 10.9 Å². The molecule has 3 aromatic rings. The minimum atomic E-state index is -0.672. The van der Waals surface area contributed by atoms with Crippen LogP contribution in [0.4, 0.5) is 11.4 Å². The Morgan fingerprint density at radius 3 is 2.55 bits per heavy atom. The van der Waals surface area contributed by atoms with Crippen LogP contribution in [0.1, 0.15) is 61.0 Å². The number of fused-ring (bicyclic) bond motifs is 4. The van der Waals surface area contributed by atoms with Crippen molar-refractivity contribution in [3.8, 4) is 0 Å². The molecule has 4 rings (SSSR count). The molecule has 0 bridgehead atoms. The number of hydrogen-bond donors (Lipinski definition) is 4. The predicted octanol–water partition coefficient (Wildman–Crippen LogP) is 4.07. The maximum absolute atomic E-state index is 13.6. The molecule has 0 unspecified atom stereocenters. The lowest BCUT2D eigenvalue weighted by molar-refractivity contribution is -0.129. The molecular formula is C28H34N4O6. The van der Waals surface area contributed by atoms with Crippen LogP contribution in [0.15, 0.2) is 48.5 Å². The molecule has 2 heterocycles. The third-order valence-corrected chi connectivity index (χ3v) is 6.68. The van der Waals surface area contributed by atoms with Gasteiger partial charge in [-0.15, -0.1) is 0 Å². The molecule has 10 heteroatoms. The number of carbonyl (C=O) groups excluding carboxylic acids is 3. The van der Waals surface area contributed by atoms with Gasteiger partial charge in [0.25, 0.3) is 11.8 Å². The SMILES string of the molecule is COn1c2c(c3ccccc31)C(=O)Nc1ccccc1NC(=O)[C@@H](CCCCCC(=O)NO)OCCCC2. The lowest BCUT2D eigenvalue weighted by atomic mass is 10.1. The largest absolute Gasteiger partial charge is 0.417 e. The van der Waals surface area contributed by atoms with Gasteiger partial charge in [-0.25, -0.2) is 5.48 Å². The van der Waals surface area contributed by atoms with E-state index in [0.717, 1.165) is 29.4 Å². The van der Waals surface area contributed by atoms with Crippen LogP contribution in [0.2, 0.25) is 0 Å². The van der Waals surface area contributed by atoms with Gasteiger partial charge in [0, 0.05) is 18.4 Å². The Labute approximate surface area is 221 Å². The van der Waals surface area contributed by atoms with E-state index in [1.165, 1.54) is 0 Å². The third kappa shape index (κ3) is 6.32. The van der Waals surface area contributed by atoms with E-state index in [2.05, 4.69) is 10.6 Å². The second kappa shape index (κ2) is 13.1. The maximum Gasteiger partial charge on any atom is 0.258 e. The van der Waals surface area contributed by atoms with Gasteiger partial charge in [-0.05, 0) is 50.3 Å². The fourth-order valence-corrected chi connectivity index (χ4v) is 4.81. The number of nitrogens with zero attached hydrogens (tertiary/aromatic N) is 1. The van der Waals surface area contributed by atoms with Gasteiger partial charge in [-0.3, -0.25) is 19.6 Å². The summed E-state index contributed by atoms with van der Waals surface area (Å²) in [6.07, 6.45) is 4.08. The van der Waals surface area contributed by atoms with E-state index in [1.807, 2.05) is 24.3 Å². The first-order valence-electron chi connectivity index (χ1n) is 13.0. The summed E-state index contributed by atoms with van der Waals surface area (Å²) in [5.74, 6) is -0.981. The molecule has 1 aliphatic rings. The Balaban J connectivity index is 1.58. The summed E-state index contributed by atoms with van der Waals surface area (Å²) in [4.78, 5) is 43.7. The van der Waals surface area contributed by atoms with Gasteiger partial charge in [-0.1, -0.05) is 43.2 Å². The number of unbranched alkanes of at least 4 members (excludes halogenated alkanes) is 2. The van der Waals surface area contributed by atoms with E-state index in [1.54, 1.807) is 41.6 Å². The molecule has 1 atom stereocenters. The quantitative estimate of drug-likeness (QED) is 0.210. The molecule has 0 saturated heterocycles. The maximum atomic E-state index is 13.6. The summed E-state index contributed by atoms with van der Waals surface area (Å²) in [6.45, 7) is 0.390. The van der Waals surface area contributed by atoms with Crippen molar-refractivity contribution in [2.45, 2.75) is 57.5 Å². The third-order valence-electron chi connectivity index (χ3n) is 6.68. The van der Waals surface area contributed by atoms with Gasteiger partial charge < -0.3 is 20.2 Å². The number of carbonyl (C=O) groups is 3. The van der Waals surface area contributed by atoms with Crippen molar-refractivity contribution in [3.63, 3.8) is 0 Å². The lowest BCUT2D eigenvalue weighted by Gasteiger charge is -2.20. The predicted molar refractivity (Wildman–Crippen MR) is 143 cm³/mol. The van der Waals surface area contributed by atoms with Gasteiger partial charge in [-0.2, -0.15) is 4.73 Å². The van der Waals surface area contributed by atoms with E-state index in [-0.39, 0.29) is 18.2 Å². The van der Waals surface area contributed by atoms with Crippen LogP contribution in [0.5, 0.6) is 0 Å². The molecule has 4 N–H and O–H groups in total. The molecule has 202 valence electrons. The first-order valence-corrected chi connectivity index (χ1v) is 13.0.